The molecule has 94 valence electrons. The van der Waals surface area contributed by atoms with Crippen LogP contribution in [0.4, 0.5) is 0 Å². The first kappa shape index (κ1) is 13.0. The van der Waals surface area contributed by atoms with Crippen molar-refractivity contribution in [2.24, 2.45) is 0 Å². The molecule has 3 atom stereocenters. The van der Waals surface area contributed by atoms with Crippen molar-refractivity contribution >= 4 is 15.9 Å². The molecule has 0 amide bonds. The van der Waals surface area contributed by atoms with Crippen LogP contribution in [-0.2, 0) is 16.1 Å². The molecule has 0 bridgehead atoms. The van der Waals surface area contributed by atoms with Gasteiger partial charge in [-0.05, 0) is 5.56 Å². The average molecular weight is 301 g/mol. The third kappa shape index (κ3) is 4.07. The Morgan fingerprint density at radius 1 is 1.29 bits per heavy atom. The zero-order chi connectivity index (χ0) is 12.1. The average Bonchev–Trinajstić information content (AvgIpc) is 2.37. The molecule has 1 fully saturated rings. The van der Waals surface area contributed by atoms with Crippen molar-refractivity contribution < 1.29 is 14.6 Å². The minimum atomic E-state index is -0.702. The number of hydrogen-bond acceptors (Lipinski definition) is 3. The van der Waals surface area contributed by atoms with Gasteiger partial charge in [-0.1, -0.05) is 46.3 Å². The second kappa shape index (κ2) is 6.50. The smallest absolute Gasteiger partial charge is 0.157 e. The number of halogens is 1. The van der Waals surface area contributed by atoms with Crippen molar-refractivity contribution in [2.45, 2.75) is 37.9 Å². The van der Waals surface area contributed by atoms with Gasteiger partial charge in [-0.3, -0.25) is 0 Å². The zero-order valence-corrected chi connectivity index (χ0v) is 11.2. The summed E-state index contributed by atoms with van der Waals surface area (Å²) < 4.78 is 11.2. The molecule has 0 aliphatic carbocycles. The summed E-state index contributed by atoms with van der Waals surface area (Å²) in [5.74, 6) is 0. The third-order valence-electron chi connectivity index (χ3n) is 2.84. The van der Waals surface area contributed by atoms with E-state index in [9.17, 15) is 5.11 Å². The maximum atomic E-state index is 9.56. The highest BCUT2D eigenvalue weighted by molar-refractivity contribution is 9.09. The lowest BCUT2D eigenvalue weighted by molar-refractivity contribution is -0.192. The SMILES string of the molecule is OC1CC(OCc2ccccc2)CC(CBr)O1. The highest BCUT2D eigenvalue weighted by Gasteiger charge is 2.28. The number of aliphatic hydroxyl groups excluding tert-OH is 1. The van der Waals surface area contributed by atoms with Crippen LogP contribution in [0.2, 0.25) is 0 Å². The Balaban J connectivity index is 1.82. The lowest BCUT2D eigenvalue weighted by Gasteiger charge is -2.32. The molecule has 1 N–H and O–H groups in total. The molecule has 1 heterocycles. The van der Waals surface area contributed by atoms with Crippen LogP contribution in [0.15, 0.2) is 30.3 Å². The Morgan fingerprint density at radius 3 is 2.76 bits per heavy atom. The second-order valence-corrected chi connectivity index (χ2v) is 4.90. The van der Waals surface area contributed by atoms with Gasteiger partial charge in [0.05, 0.1) is 18.8 Å². The van der Waals surface area contributed by atoms with E-state index in [1.165, 1.54) is 0 Å². The molecule has 3 unspecified atom stereocenters. The molecule has 4 heteroatoms. The van der Waals surface area contributed by atoms with Gasteiger partial charge in [0.1, 0.15) is 0 Å². The Hall–Kier alpha value is -0.420. The molecule has 1 aliphatic rings. The first-order valence-electron chi connectivity index (χ1n) is 5.83. The van der Waals surface area contributed by atoms with Crippen molar-refractivity contribution in [1.29, 1.82) is 0 Å². The number of rotatable bonds is 4. The topological polar surface area (TPSA) is 38.7 Å². The van der Waals surface area contributed by atoms with Gasteiger partial charge >= 0.3 is 0 Å². The molecular weight excluding hydrogens is 284 g/mol. The molecule has 1 saturated heterocycles. The van der Waals surface area contributed by atoms with Crippen LogP contribution < -0.4 is 0 Å². The van der Waals surface area contributed by atoms with Crippen LogP contribution in [0, 0.1) is 0 Å². The normalized spacial score (nSPS) is 29.2. The Morgan fingerprint density at radius 2 is 2.06 bits per heavy atom. The van der Waals surface area contributed by atoms with Crippen molar-refractivity contribution in [3.63, 3.8) is 0 Å². The molecule has 0 saturated carbocycles. The fraction of sp³-hybridized carbons (Fsp3) is 0.538. The van der Waals surface area contributed by atoms with Crippen LogP contribution in [-0.4, -0.2) is 28.9 Å². The van der Waals surface area contributed by atoms with Crippen LogP contribution in [0.1, 0.15) is 18.4 Å². The van der Waals surface area contributed by atoms with Crippen LogP contribution >= 0.6 is 15.9 Å². The molecule has 1 aliphatic heterocycles. The zero-order valence-electron chi connectivity index (χ0n) is 9.59. The van der Waals surface area contributed by atoms with E-state index < -0.39 is 6.29 Å². The summed E-state index contributed by atoms with van der Waals surface area (Å²) in [4.78, 5) is 0. The van der Waals surface area contributed by atoms with E-state index in [0.29, 0.717) is 13.0 Å². The van der Waals surface area contributed by atoms with Gasteiger partial charge in [-0.15, -0.1) is 0 Å². The Labute approximate surface area is 110 Å². The van der Waals surface area contributed by atoms with Gasteiger partial charge in [0, 0.05) is 18.2 Å². The van der Waals surface area contributed by atoms with Gasteiger partial charge in [0.15, 0.2) is 6.29 Å². The summed E-state index contributed by atoms with van der Waals surface area (Å²) in [5, 5.41) is 10.3. The highest BCUT2D eigenvalue weighted by Crippen LogP contribution is 2.23. The quantitative estimate of drug-likeness (QED) is 0.868. The molecule has 2 rings (SSSR count). The van der Waals surface area contributed by atoms with Gasteiger partial charge < -0.3 is 14.6 Å². The van der Waals surface area contributed by atoms with E-state index in [1.807, 2.05) is 30.3 Å². The third-order valence-corrected chi connectivity index (χ3v) is 3.56. The molecule has 1 aromatic carbocycles. The van der Waals surface area contributed by atoms with Crippen molar-refractivity contribution in [1.82, 2.24) is 0 Å². The van der Waals surface area contributed by atoms with Crippen molar-refractivity contribution in [3.05, 3.63) is 35.9 Å². The monoisotopic (exact) mass is 300 g/mol. The molecule has 1 aromatic rings. The number of benzene rings is 1. The number of ether oxygens (including phenoxy) is 2. The first-order valence-corrected chi connectivity index (χ1v) is 6.95. The van der Waals surface area contributed by atoms with Gasteiger partial charge in [0.2, 0.25) is 0 Å². The standard InChI is InChI=1S/C13H17BrO3/c14-8-12-6-11(7-13(15)17-12)16-9-10-4-2-1-3-5-10/h1-5,11-13,15H,6-9H2. The Kier molecular flexibility index (Phi) is 4.98. The van der Waals surface area contributed by atoms with E-state index >= 15 is 0 Å². The van der Waals surface area contributed by atoms with Crippen LogP contribution in [0.5, 0.6) is 0 Å². The van der Waals surface area contributed by atoms with Crippen LogP contribution in [0.3, 0.4) is 0 Å². The van der Waals surface area contributed by atoms with E-state index in [2.05, 4.69) is 15.9 Å². The lowest BCUT2D eigenvalue weighted by atomic mass is 10.1. The molecule has 0 aromatic heterocycles. The molecule has 0 radical (unpaired) electrons. The van der Waals surface area contributed by atoms with Gasteiger partial charge in [-0.2, -0.15) is 0 Å². The summed E-state index contributed by atoms with van der Waals surface area (Å²) in [6, 6.07) is 10.1. The molecule has 0 spiro atoms. The molecule has 17 heavy (non-hydrogen) atoms. The summed E-state index contributed by atoms with van der Waals surface area (Å²) >= 11 is 3.37. The molecule has 3 nitrogen and oxygen atoms in total. The highest BCUT2D eigenvalue weighted by atomic mass is 79.9. The summed E-state index contributed by atoms with van der Waals surface area (Å²) in [5.41, 5.74) is 1.16. The number of hydrogen-bond donors (Lipinski definition) is 1. The van der Waals surface area contributed by atoms with E-state index in [4.69, 9.17) is 9.47 Å². The van der Waals surface area contributed by atoms with Crippen LogP contribution in [0.25, 0.3) is 0 Å². The maximum absolute atomic E-state index is 9.56. The minimum absolute atomic E-state index is 0.0412. The van der Waals surface area contributed by atoms with Crippen molar-refractivity contribution in [3.8, 4) is 0 Å². The van der Waals surface area contributed by atoms with E-state index in [1.54, 1.807) is 0 Å². The minimum Gasteiger partial charge on any atom is -0.373 e. The number of aliphatic hydroxyl groups is 1. The summed E-state index contributed by atoms with van der Waals surface area (Å²) in [6.07, 6.45) is 0.791. The first-order chi connectivity index (χ1) is 8.28. The predicted octanol–water partition coefficient (Wildman–Crippen LogP) is 2.46. The second-order valence-electron chi connectivity index (χ2n) is 4.26. The fourth-order valence-corrected chi connectivity index (χ4v) is 2.39. The molecular formula is C13H17BrO3. The maximum Gasteiger partial charge on any atom is 0.157 e. The van der Waals surface area contributed by atoms with Crippen molar-refractivity contribution in [2.75, 3.05) is 5.33 Å². The largest absolute Gasteiger partial charge is 0.373 e. The van der Waals surface area contributed by atoms with Gasteiger partial charge in [0.25, 0.3) is 0 Å². The van der Waals surface area contributed by atoms with E-state index in [0.717, 1.165) is 17.3 Å². The predicted molar refractivity (Wildman–Crippen MR) is 68.9 cm³/mol. The lowest BCUT2D eigenvalue weighted by Crippen LogP contribution is -2.37. The summed E-state index contributed by atoms with van der Waals surface area (Å²) in [6.45, 7) is 0.591. The summed E-state index contributed by atoms with van der Waals surface area (Å²) in [7, 11) is 0. The number of alkyl halides is 1. The van der Waals surface area contributed by atoms with Gasteiger partial charge in [-0.25, -0.2) is 0 Å². The van der Waals surface area contributed by atoms with E-state index in [-0.39, 0.29) is 12.2 Å². The fourth-order valence-electron chi connectivity index (χ4n) is 1.97. The Bertz CT molecular complexity index is 331.